The van der Waals surface area contributed by atoms with Crippen molar-refractivity contribution in [1.29, 1.82) is 0 Å². The largest absolute Gasteiger partial charge is 0.321 e. The van der Waals surface area contributed by atoms with E-state index in [9.17, 15) is 9.59 Å². The molecule has 2 aliphatic rings. The van der Waals surface area contributed by atoms with Gasteiger partial charge in [-0.2, -0.15) is 0 Å². The van der Waals surface area contributed by atoms with E-state index in [4.69, 9.17) is 0 Å². The number of carbonyl (C=O) groups is 2. The quantitative estimate of drug-likeness (QED) is 0.684. The van der Waals surface area contributed by atoms with Gasteiger partial charge in [0.25, 0.3) is 0 Å². The number of rotatable bonds is 0. The lowest BCUT2D eigenvalue weighted by molar-refractivity contribution is 0.105. The van der Waals surface area contributed by atoms with Crippen LogP contribution in [0, 0.1) is 0 Å². The van der Waals surface area contributed by atoms with Gasteiger partial charge in [0.2, 0.25) is 0 Å². The number of nitrogens with zero attached hydrogens (tertiary/aromatic N) is 2. The van der Waals surface area contributed by atoms with E-state index < -0.39 is 0 Å². The first-order chi connectivity index (χ1) is 8.03. The van der Waals surface area contributed by atoms with Gasteiger partial charge < -0.3 is 10.6 Å². The highest BCUT2D eigenvalue weighted by atomic mass is 16.2. The molecule has 6 heteroatoms. The number of hydrogen-bond donors (Lipinski definition) is 2. The van der Waals surface area contributed by atoms with Crippen molar-refractivity contribution in [3.05, 3.63) is 0 Å². The van der Waals surface area contributed by atoms with E-state index >= 15 is 0 Å². The number of amides is 4. The smallest absolute Gasteiger partial charge is 0.314 e. The number of carbonyl (C=O) groups excluding carboxylic acids is 2. The van der Waals surface area contributed by atoms with Gasteiger partial charge in [0.15, 0.2) is 0 Å². The van der Waals surface area contributed by atoms with E-state index in [1.54, 1.807) is 9.80 Å². The normalized spacial score (nSPS) is 28.3. The summed E-state index contributed by atoms with van der Waals surface area (Å²) in [5.41, 5.74) is -0.657. The predicted octanol–water partition coefficient (Wildman–Crippen LogP) is 1.29. The average Bonchev–Trinajstić information content (AvgIpc) is 2.52. The third kappa shape index (κ3) is 1.79. The van der Waals surface area contributed by atoms with Crippen LogP contribution in [0.5, 0.6) is 0 Å². The monoisotopic (exact) mass is 254 g/mol. The van der Waals surface area contributed by atoms with Gasteiger partial charge in [-0.1, -0.05) is 0 Å². The maximum absolute atomic E-state index is 12.1. The van der Waals surface area contributed by atoms with Crippen molar-refractivity contribution in [3.8, 4) is 0 Å². The van der Waals surface area contributed by atoms with Crippen molar-refractivity contribution in [1.82, 2.24) is 20.4 Å². The number of nitrogens with one attached hydrogen (secondary N) is 2. The van der Waals surface area contributed by atoms with E-state index in [2.05, 4.69) is 10.6 Å². The molecule has 4 amide bonds. The molecule has 2 fully saturated rings. The fourth-order valence-corrected chi connectivity index (χ4v) is 2.66. The number of fused-ring (bicyclic) bond motifs is 1. The zero-order valence-electron chi connectivity index (χ0n) is 11.9. The fraction of sp³-hybridized carbons (Fsp3) is 0.833. The van der Waals surface area contributed by atoms with Crippen LogP contribution in [0.15, 0.2) is 0 Å². The molecule has 18 heavy (non-hydrogen) atoms. The molecule has 2 unspecified atom stereocenters. The lowest BCUT2D eigenvalue weighted by atomic mass is 10.0. The highest BCUT2D eigenvalue weighted by molar-refractivity contribution is 5.85. The zero-order chi connectivity index (χ0) is 13.9. The molecule has 0 saturated carbocycles. The second kappa shape index (κ2) is 3.52. The number of hydrogen-bond acceptors (Lipinski definition) is 2. The molecule has 0 aromatic carbocycles. The summed E-state index contributed by atoms with van der Waals surface area (Å²) in [4.78, 5) is 27.5. The minimum absolute atomic E-state index is 0.133. The van der Waals surface area contributed by atoms with Crippen LogP contribution < -0.4 is 10.6 Å². The van der Waals surface area contributed by atoms with Gasteiger partial charge in [-0.15, -0.1) is 0 Å². The lowest BCUT2D eigenvalue weighted by Crippen LogP contribution is -2.52. The standard InChI is InChI=1S/C12H22N4O2/c1-11(2,3)15-7-8(14-9(15)17)16(10(18)13-7)12(4,5)6/h7-8H,1-6H3,(H,13,18)(H,14,17). The second-order valence-electron chi connectivity index (χ2n) is 6.87. The first-order valence-corrected chi connectivity index (χ1v) is 6.23. The fourth-order valence-electron chi connectivity index (χ4n) is 2.66. The third-order valence-corrected chi connectivity index (χ3v) is 3.28. The summed E-state index contributed by atoms with van der Waals surface area (Å²) in [7, 11) is 0. The van der Waals surface area contributed by atoms with Crippen LogP contribution in [0.4, 0.5) is 9.59 Å². The summed E-state index contributed by atoms with van der Waals surface area (Å²) in [6.07, 6.45) is -0.603. The van der Waals surface area contributed by atoms with Crippen molar-refractivity contribution in [2.24, 2.45) is 0 Å². The first-order valence-electron chi connectivity index (χ1n) is 6.23. The molecule has 0 radical (unpaired) electrons. The van der Waals surface area contributed by atoms with Gasteiger partial charge in [-0.3, -0.25) is 9.80 Å². The van der Waals surface area contributed by atoms with Crippen molar-refractivity contribution >= 4 is 12.1 Å². The van der Waals surface area contributed by atoms with Crippen LogP contribution in [-0.2, 0) is 0 Å². The van der Waals surface area contributed by atoms with Gasteiger partial charge in [-0.05, 0) is 41.5 Å². The minimum atomic E-state index is -0.329. The van der Waals surface area contributed by atoms with E-state index in [0.717, 1.165) is 0 Å². The summed E-state index contributed by atoms with van der Waals surface area (Å²) in [6.45, 7) is 11.8. The lowest BCUT2D eigenvalue weighted by Gasteiger charge is -2.35. The first kappa shape index (κ1) is 13.0. The van der Waals surface area contributed by atoms with Crippen LogP contribution in [0.1, 0.15) is 41.5 Å². The molecule has 0 bridgehead atoms. The molecule has 2 aliphatic heterocycles. The molecule has 2 heterocycles. The summed E-state index contributed by atoms with van der Waals surface area (Å²) < 4.78 is 0. The molecule has 0 aliphatic carbocycles. The molecule has 0 aromatic rings. The molecular formula is C12H22N4O2. The summed E-state index contributed by atoms with van der Waals surface area (Å²) in [6, 6.07) is -0.265. The highest BCUT2D eigenvalue weighted by Gasteiger charge is 2.55. The van der Waals surface area contributed by atoms with Gasteiger partial charge >= 0.3 is 12.1 Å². The Hall–Kier alpha value is -1.46. The van der Waals surface area contributed by atoms with Gasteiger partial charge in [0, 0.05) is 11.1 Å². The third-order valence-electron chi connectivity index (χ3n) is 3.28. The Labute approximate surface area is 108 Å². The van der Waals surface area contributed by atoms with Crippen LogP contribution >= 0.6 is 0 Å². The molecule has 0 spiro atoms. The van der Waals surface area contributed by atoms with E-state index in [1.807, 2.05) is 41.5 Å². The molecule has 2 saturated heterocycles. The molecule has 102 valence electrons. The highest BCUT2D eigenvalue weighted by Crippen LogP contribution is 2.31. The topological polar surface area (TPSA) is 64.7 Å². The molecule has 6 nitrogen and oxygen atoms in total. The minimum Gasteiger partial charge on any atom is -0.314 e. The number of urea groups is 2. The van der Waals surface area contributed by atoms with Crippen LogP contribution in [0.25, 0.3) is 0 Å². The molecular weight excluding hydrogens is 232 g/mol. The molecule has 2 rings (SSSR count). The van der Waals surface area contributed by atoms with E-state index in [-0.39, 0.29) is 35.5 Å². The Kier molecular flexibility index (Phi) is 2.54. The Morgan fingerprint density at radius 1 is 0.778 bits per heavy atom. The summed E-state index contributed by atoms with van der Waals surface area (Å²) in [5, 5.41) is 5.78. The predicted molar refractivity (Wildman–Crippen MR) is 67.8 cm³/mol. The van der Waals surface area contributed by atoms with E-state index in [1.165, 1.54) is 0 Å². The second-order valence-corrected chi connectivity index (χ2v) is 6.87. The Morgan fingerprint density at radius 3 is 1.28 bits per heavy atom. The van der Waals surface area contributed by atoms with Gasteiger partial charge in [0.05, 0.1) is 0 Å². The van der Waals surface area contributed by atoms with E-state index in [0.29, 0.717) is 0 Å². The Balaban J connectivity index is 2.33. The summed E-state index contributed by atoms with van der Waals surface area (Å²) in [5.74, 6) is 0. The Morgan fingerprint density at radius 2 is 1.06 bits per heavy atom. The Bertz CT molecular complexity index is 356. The maximum atomic E-state index is 12.1. The summed E-state index contributed by atoms with van der Waals surface area (Å²) >= 11 is 0. The molecule has 2 N–H and O–H groups in total. The average molecular weight is 254 g/mol. The van der Waals surface area contributed by atoms with Crippen LogP contribution in [0.2, 0.25) is 0 Å². The zero-order valence-corrected chi connectivity index (χ0v) is 11.9. The van der Waals surface area contributed by atoms with Crippen molar-refractivity contribution in [2.45, 2.75) is 65.0 Å². The van der Waals surface area contributed by atoms with Crippen molar-refractivity contribution in [3.63, 3.8) is 0 Å². The van der Waals surface area contributed by atoms with Crippen LogP contribution in [-0.4, -0.2) is 45.3 Å². The van der Waals surface area contributed by atoms with Crippen molar-refractivity contribution in [2.75, 3.05) is 0 Å². The molecule has 0 aromatic heterocycles. The maximum Gasteiger partial charge on any atom is 0.321 e. The molecule has 2 atom stereocenters. The van der Waals surface area contributed by atoms with Gasteiger partial charge in [0.1, 0.15) is 12.3 Å². The SMILES string of the molecule is CC(C)(C)N1C(=O)NC2C1NC(=O)N2C(C)(C)C. The van der Waals surface area contributed by atoms with Crippen LogP contribution in [0.3, 0.4) is 0 Å². The van der Waals surface area contributed by atoms with Crippen molar-refractivity contribution < 1.29 is 9.59 Å². The van der Waals surface area contributed by atoms with Gasteiger partial charge in [-0.25, -0.2) is 9.59 Å².